The normalized spacial score (nSPS) is 18.8. The molecule has 98 valence electrons. The largest absolute Gasteiger partial charge is 0.399 e. The van der Waals surface area contributed by atoms with Gasteiger partial charge in [0.15, 0.2) is 0 Å². The van der Waals surface area contributed by atoms with Crippen molar-refractivity contribution in [1.82, 2.24) is 4.90 Å². The number of aliphatic imine (C=N–C) groups is 1. The molecule has 1 amide bonds. The molecule has 0 aliphatic carbocycles. The van der Waals surface area contributed by atoms with Crippen molar-refractivity contribution in [1.29, 1.82) is 0 Å². The Balaban J connectivity index is 1.97. The topological polar surface area (TPSA) is 58.7 Å². The van der Waals surface area contributed by atoms with Gasteiger partial charge in [-0.15, -0.1) is 0 Å². The number of benzene rings is 1. The summed E-state index contributed by atoms with van der Waals surface area (Å²) < 4.78 is 0. The lowest BCUT2D eigenvalue weighted by Gasteiger charge is -2.32. The van der Waals surface area contributed by atoms with Crippen molar-refractivity contribution >= 4 is 17.8 Å². The van der Waals surface area contributed by atoms with E-state index in [-0.39, 0.29) is 5.91 Å². The Morgan fingerprint density at radius 1 is 1.37 bits per heavy atom. The zero-order valence-electron chi connectivity index (χ0n) is 11.0. The Morgan fingerprint density at radius 2 is 2.21 bits per heavy atom. The molecule has 19 heavy (non-hydrogen) atoms. The van der Waals surface area contributed by atoms with Gasteiger partial charge in [0.05, 0.1) is 6.54 Å². The Morgan fingerprint density at radius 3 is 3.00 bits per heavy atom. The third kappa shape index (κ3) is 2.03. The number of allylic oxidation sites excluding steroid dienone is 1. The first kappa shape index (κ1) is 12.0. The molecule has 0 bridgehead atoms. The summed E-state index contributed by atoms with van der Waals surface area (Å²) in [6.07, 6.45) is 3.63. The number of carbonyl (C=O) groups is 1. The van der Waals surface area contributed by atoms with Crippen molar-refractivity contribution in [2.24, 2.45) is 4.99 Å². The molecule has 3 rings (SSSR count). The molecule has 2 aliphatic rings. The van der Waals surface area contributed by atoms with Gasteiger partial charge in [-0.25, -0.2) is 0 Å². The van der Waals surface area contributed by atoms with Crippen LogP contribution in [0.1, 0.15) is 29.3 Å². The summed E-state index contributed by atoms with van der Waals surface area (Å²) in [6, 6.07) is 5.60. The van der Waals surface area contributed by atoms with E-state index in [9.17, 15) is 4.79 Å². The number of dihydropyridines is 1. The fraction of sp³-hybridized carbons (Fsp3) is 0.333. The van der Waals surface area contributed by atoms with Crippen LogP contribution in [0.15, 0.2) is 34.5 Å². The summed E-state index contributed by atoms with van der Waals surface area (Å²) in [5, 5.41) is 0. The van der Waals surface area contributed by atoms with Crippen molar-refractivity contribution in [3.63, 3.8) is 0 Å². The van der Waals surface area contributed by atoms with Crippen molar-refractivity contribution in [2.45, 2.75) is 19.8 Å². The minimum Gasteiger partial charge on any atom is -0.399 e. The second-order valence-electron chi connectivity index (χ2n) is 5.08. The summed E-state index contributed by atoms with van der Waals surface area (Å²) in [5.41, 5.74) is 10.5. The van der Waals surface area contributed by atoms with Crippen LogP contribution >= 0.6 is 0 Å². The molecule has 2 aliphatic heterocycles. The van der Waals surface area contributed by atoms with Crippen molar-refractivity contribution in [2.75, 3.05) is 18.8 Å². The van der Waals surface area contributed by atoms with Gasteiger partial charge in [-0.2, -0.15) is 0 Å². The number of anilines is 1. The molecule has 0 aromatic heterocycles. The molecular formula is C15H17N3O. The van der Waals surface area contributed by atoms with Crippen LogP contribution in [0.3, 0.4) is 0 Å². The van der Waals surface area contributed by atoms with E-state index in [1.54, 1.807) is 6.07 Å². The number of carbonyl (C=O) groups excluding carboxylic acids is 1. The van der Waals surface area contributed by atoms with Gasteiger partial charge in [0.1, 0.15) is 0 Å². The molecule has 0 atom stereocenters. The van der Waals surface area contributed by atoms with Gasteiger partial charge in [0, 0.05) is 36.1 Å². The lowest BCUT2D eigenvalue weighted by atomic mass is 9.97. The molecule has 1 aromatic rings. The highest BCUT2D eigenvalue weighted by Gasteiger charge is 2.28. The average Bonchev–Trinajstić information content (AvgIpc) is 2.41. The van der Waals surface area contributed by atoms with Gasteiger partial charge in [0.25, 0.3) is 5.91 Å². The molecule has 0 saturated heterocycles. The Kier molecular flexibility index (Phi) is 2.85. The highest BCUT2D eigenvalue weighted by Crippen LogP contribution is 2.26. The number of nitrogen functional groups attached to an aromatic ring is 1. The number of hydrogen-bond donors (Lipinski definition) is 1. The van der Waals surface area contributed by atoms with Crippen molar-refractivity contribution in [3.8, 4) is 0 Å². The first-order chi connectivity index (χ1) is 9.16. The molecular weight excluding hydrogens is 238 g/mol. The smallest absolute Gasteiger partial charge is 0.258 e. The van der Waals surface area contributed by atoms with Crippen LogP contribution in [0.5, 0.6) is 0 Å². The Labute approximate surface area is 112 Å². The van der Waals surface area contributed by atoms with E-state index < -0.39 is 0 Å². The molecule has 4 nitrogen and oxygen atoms in total. The average molecular weight is 255 g/mol. The molecule has 0 fully saturated rings. The van der Waals surface area contributed by atoms with Crippen molar-refractivity contribution in [3.05, 3.63) is 40.6 Å². The van der Waals surface area contributed by atoms with Gasteiger partial charge in [-0.3, -0.25) is 9.79 Å². The fourth-order valence-electron chi connectivity index (χ4n) is 2.67. The zero-order chi connectivity index (χ0) is 13.4. The third-order valence-corrected chi connectivity index (χ3v) is 3.80. The monoisotopic (exact) mass is 255 g/mol. The molecule has 0 saturated carbocycles. The van der Waals surface area contributed by atoms with Gasteiger partial charge in [-0.05, 0) is 36.6 Å². The van der Waals surface area contributed by atoms with Crippen LogP contribution in [0.4, 0.5) is 5.69 Å². The molecule has 2 heterocycles. The fourth-order valence-corrected chi connectivity index (χ4v) is 2.67. The zero-order valence-corrected chi connectivity index (χ0v) is 11.0. The lowest BCUT2D eigenvalue weighted by molar-refractivity contribution is 0.0788. The van der Waals surface area contributed by atoms with E-state index in [0.29, 0.717) is 12.2 Å². The molecule has 4 heteroatoms. The third-order valence-electron chi connectivity index (χ3n) is 3.80. The second-order valence-corrected chi connectivity index (χ2v) is 5.08. The lowest BCUT2D eigenvalue weighted by Crippen LogP contribution is -2.38. The number of rotatable bonds is 1. The summed E-state index contributed by atoms with van der Waals surface area (Å²) in [4.78, 5) is 18.8. The van der Waals surface area contributed by atoms with Crippen LogP contribution in [0, 0.1) is 0 Å². The number of fused-ring (bicyclic) bond motifs is 1. The predicted octanol–water partition coefficient (Wildman–Crippen LogP) is 2.02. The summed E-state index contributed by atoms with van der Waals surface area (Å²) in [7, 11) is 0. The van der Waals surface area contributed by atoms with E-state index in [1.807, 2.05) is 23.2 Å². The minimum atomic E-state index is 0.0556. The van der Waals surface area contributed by atoms with E-state index in [0.717, 1.165) is 36.2 Å². The van der Waals surface area contributed by atoms with Crippen LogP contribution in [0.2, 0.25) is 0 Å². The van der Waals surface area contributed by atoms with Crippen LogP contribution in [-0.2, 0) is 6.42 Å². The number of nitrogens with zero attached hydrogens (tertiary/aromatic N) is 2. The first-order valence-corrected chi connectivity index (χ1v) is 6.54. The van der Waals surface area contributed by atoms with Gasteiger partial charge < -0.3 is 10.6 Å². The van der Waals surface area contributed by atoms with Crippen LogP contribution in [0.25, 0.3) is 0 Å². The number of nitrogens with two attached hydrogens (primary N) is 1. The quantitative estimate of drug-likeness (QED) is 0.780. The first-order valence-electron chi connectivity index (χ1n) is 6.54. The molecule has 2 N–H and O–H groups in total. The Hall–Kier alpha value is -2.10. The van der Waals surface area contributed by atoms with E-state index in [1.165, 1.54) is 5.57 Å². The van der Waals surface area contributed by atoms with Gasteiger partial charge >= 0.3 is 0 Å². The van der Waals surface area contributed by atoms with E-state index in [2.05, 4.69) is 11.9 Å². The van der Waals surface area contributed by atoms with E-state index >= 15 is 0 Å². The van der Waals surface area contributed by atoms with E-state index in [4.69, 9.17) is 5.73 Å². The number of hydrogen-bond acceptors (Lipinski definition) is 3. The predicted molar refractivity (Wildman–Crippen MR) is 76.3 cm³/mol. The van der Waals surface area contributed by atoms with Crippen LogP contribution < -0.4 is 5.73 Å². The summed E-state index contributed by atoms with van der Waals surface area (Å²) >= 11 is 0. The molecule has 1 aromatic carbocycles. The molecule has 0 spiro atoms. The summed E-state index contributed by atoms with van der Waals surface area (Å²) in [5.74, 6) is 0.0556. The van der Waals surface area contributed by atoms with Gasteiger partial charge in [0.2, 0.25) is 0 Å². The standard InChI is InChI=1S/C15H17N3O/c1-10-4-6-17-9-14(10)18-7-5-11-2-3-12(16)8-13(11)15(18)19/h2-3,6,8H,4-5,7,9,16H2,1H3. The summed E-state index contributed by atoms with van der Waals surface area (Å²) in [6.45, 7) is 3.41. The maximum atomic E-state index is 12.6. The number of amides is 1. The Bertz CT molecular complexity index is 601. The maximum absolute atomic E-state index is 12.6. The SMILES string of the molecule is CC1=C(N2CCc3ccc(N)cc3C2=O)CN=CC1. The highest BCUT2D eigenvalue weighted by molar-refractivity contribution is 5.98. The van der Waals surface area contributed by atoms with Crippen molar-refractivity contribution < 1.29 is 4.79 Å². The highest BCUT2D eigenvalue weighted by atomic mass is 16.2. The van der Waals surface area contributed by atoms with Gasteiger partial charge in [-0.1, -0.05) is 6.07 Å². The second kappa shape index (κ2) is 4.53. The van der Waals surface area contributed by atoms with Crippen LogP contribution in [-0.4, -0.2) is 30.1 Å². The maximum Gasteiger partial charge on any atom is 0.258 e. The molecule has 0 unspecified atom stereocenters. The molecule has 0 radical (unpaired) electrons. The minimum absolute atomic E-state index is 0.0556.